The van der Waals surface area contributed by atoms with E-state index in [0.29, 0.717) is 23.8 Å². The predicted octanol–water partition coefficient (Wildman–Crippen LogP) is 4.98. The second kappa shape index (κ2) is 9.52. The maximum Gasteiger partial charge on any atom is 0.225 e. The summed E-state index contributed by atoms with van der Waals surface area (Å²) in [6.07, 6.45) is 8.97. The van der Waals surface area contributed by atoms with Gasteiger partial charge in [0.15, 0.2) is 5.78 Å². The number of aliphatic hydroxyl groups excluding tert-OH is 1. The zero-order valence-corrected chi connectivity index (χ0v) is 19.1. The van der Waals surface area contributed by atoms with Gasteiger partial charge in [-0.2, -0.15) is 0 Å². The highest BCUT2D eigenvalue weighted by atomic mass is 16.3. The number of H-pyrrole nitrogens is 1. The number of hydrogen-bond donors (Lipinski definition) is 2. The molecule has 2 aliphatic rings. The number of benzene rings is 2. The third-order valence-electron chi connectivity index (χ3n) is 7.55. The fraction of sp³-hybridized carbons (Fsp3) is 0.429. The minimum atomic E-state index is -0.0188. The van der Waals surface area contributed by atoms with Crippen molar-refractivity contribution in [3.05, 3.63) is 70.9 Å². The minimum Gasteiger partial charge on any atom is -0.392 e. The Morgan fingerprint density at radius 3 is 2.33 bits per heavy atom. The van der Waals surface area contributed by atoms with Crippen LogP contribution in [-0.4, -0.2) is 39.8 Å². The van der Waals surface area contributed by atoms with Crippen LogP contribution in [0.15, 0.2) is 48.7 Å². The molecule has 2 N–H and O–H groups in total. The third-order valence-corrected chi connectivity index (χ3v) is 7.55. The topological polar surface area (TPSA) is 73.4 Å². The number of carbonyl (C=O) groups is 2. The highest BCUT2D eigenvalue weighted by molar-refractivity contribution is 5.98. The van der Waals surface area contributed by atoms with Gasteiger partial charge in [0.2, 0.25) is 5.91 Å². The molecule has 2 heterocycles. The molecule has 2 fully saturated rings. The van der Waals surface area contributed by atoms with Crippen LogP contribution in [0, 0.1) is 5.92 Å². The summed E-state index contributed by atoms with van der Waals surface area (Å²) < 4.78 is 0. The molecular formula is C28H32N2O3. The molecule has 1 saturated heterocycles. The number of likely N-dealkylation sites (tertiary alicyclic amines) is 1. The number of carbonyl (C=O) groups excluding carboxylic acids is 2. The average Bonchev–Trinajstić information content (AvgIpc) is 3.54. The fourth-order valence-corrected chi connectivity index (χ4v) is 5.56. The van der Waals surface area contributed by atoms with E-state index in [4.69, 9.17) is 0 Å². The molecule has 5 heteroatoms. The second-order valence-corrected chi connectivity index (χ2v) is 9.66. The van der Waals surface area contributed by atoms with E-state index < -0.39 is 0 Å². The molecule has 0 atom stereocenters. The van der Waals surface area contributed by atoms with Gasteiger partial charge in [-0.05, 0) is 60.4 Å². The molecule has 0 radical (unpaired) electrons. The van der Waals surface area contributed by atoms with Gasteiger partial charge < -0.3 is 15.0 Å². The predicted molar refractivity (Wildman–Crippen MR) is 129 cm³/mol. The lowest BCUT2D eigenvalue weighted by Gasteiger charge is -2.33. The Balaban J connectivity index is 1.27. The zero-order chi connectivity index (χ0) is 22.8. The molecule has 0 spiro atoms. The van der Waals surface area contributed by atoms with Crippen molar-refractivity contribution in [2.24, 2.45) is 5.92 Å². The van der Waals surface area contributed by atoms with E-state index in [9.17, 15) is 14.7 Å². The Bertz CT molecular complexity index is 1130. The largest absolute Gasteiger partial charge is 0.392 e. The van der Waals surface area contributed by atoms with Crippen molar-refractivity contribution in [3.63, 3.8) is 0 Å². The Morgan fingerprint density at radius 1 is 0.939 bits per heavy atom. The monoisotopic (exact) mass is 444 g/mol. The molecular weight excluding hydrogens is 412 g/mol. The number of hydrogen-bond acceptors (Lipinski definition) is 3. The summed E-state index contributed by atoms with van der Waals surface area (Å²) >= 11 is 0. The van der Waals surface area contributed by atoms with Crippen molar-refractivity contribution in [2.75, 3.05) is 13.1 Å². The standard InChI is InChI=1S/C28H32N2O3/c31-18-19-5-8-22(9-6-19)27(32)16-20-7-10-26-24(15-20)25(17-29-26)21-11-13-30(14-12-21)28(33)23-3-1-2-4-23/h5-10,15,17,21,23,29,31H,1-4,11-14,16,18H2. The molecule has 172 valence electrons. The number of aliphatic hydroxyl groups is 1. The minimum absolute atomic E-state index is 0.0188. The number of nitrogens with zero attached hydrogens (tertiary/aromatic N) is 1. The lowest BCUT2D eigenvalue weighted by Crippen LogP contribution is -2.40. The number of ketones is 1. The Kier molecular flexibility index (Phi) is 6.32. The molecule has 5 nitrogen and oxygen atoms in total. The highest BCUT2D eigenvalue weighted by Crippen LogP contribution is 2.35. The Labute approximate surface area is 194 Å². The van der Waals surface area contributed by atoms with Crippen molar-refractivity contribution in [2.45, 2.75) is 57.5 Å². The van der Waals surface area contributed by atoms with Gasteiger partial charge in [-0.3, -0.25) is 9.59 Å². The van der Waals surface area contributed by atoms with Crippen LogP contribution < -0.4 is 0 Å². The maximum absolute atomic E-state index is 12.8. The van der Waals surface area contributed by atoms with Gasteiger partial charge in [-0.25, -0.2) is 0 Å². The Hall–Kier alpha value is -2.92. The number of aromatic amines is 1. The second-order valence-electron chi connectivity index (χ2n) is 9.66. The van der Waals surface area contributed by atoms with E-state index in [2.05, 4.69) is 28.2 Å². The number of rotatable bonds is 6. The number of fused-ring (bicyclic) bond motifs is 1. The molecule has 1 aliphatic carbocycles. The summed E-state index contributed by atoms with van der Waals surface area (Å²) in [5.41, 5.74) is 4.88. The first kappa shape index (κ1) is 21.9. The Morgan fingerprint density at radius 2 is 1.64 bits per heavy atom. The molecule has 1 saturated carbocycles. The molecule has 0 unspecified atom stereocenters. The van der Waals surface area contributed by atoms with E-state index in [-0.39, 0.29) is 18.3 Å². The number of Topliss-reactive ketones (excluding diaryl/α,β-unsaturated/α-hetero) is 1. The molecule has 1 aliphatic heterocycles. The van der Waals surface area contributed by atoms with Crippen LogP contribution >= 0.6 is 0 Å². The zero-order valence-electron chi connectivity index (χ0n) is 19.1. The van der Waals surface area contributed by atoms with Crippen molar-refractivity contribution < 1.29 is 14.7 Å². The molecule has 3 aromatic rings. The van der Waals surface area contributed by atoms with E-state index >= 15 is 0 Å². The molecule has 33 heavy (non-hydrogen) atoms. The van der Waals surface area contributed by atoms with Crippen molar-refractivity contribution in [3.8, 4) is 0 Å². The first-order valence-electron chi connectivity index (χ1n) is 12.2. The van der Waals surface area contributed by atoms with Crippen molar-refractivity contribution in [1.82, 2.24) is 9.88 Å². The maximum atomic E-state index is 12.8. The molecule has 0 bridgehead atoms. The summed E-state index contributed by atoms with van der Waals surface area (Å²) in [4.78, 5) is 31.0. The van der Waals surface area contributed by atoms with Gasteiger partial charge in [0.05, 0.1) is 6.61 Å². The van der Waals surface area contributed by atoms with Crippen LogP contribution in [-0.2, 0) is 17.8 Å². The van der Waals surface area contributed by atoms with Gasteiger partial charge in [0.25, 0.3) is 0 Å². The van der Waals surface area contributed by atoms with Crippen LogP contribution in [0.1, 0.15) is 71.5 Å². The number of piperidine rings is 1. The van der Waals surface area contributed by atoms with Crippen molar-refractivity contribution >= 4 is 22.6 Å². The summed E-state index contributed by atoms with van der Waals surface area (Å²) in [5, 5.41) is 10.4. The normalized spacial score (nSPS) is 17.7. The third kappa shape index (κ3) is 4.60. The summed E-state index contributed by atoms with van der Waals surface area (Å²) in [5.74, 6) is 1.14. The van der Waals surface area contributed by atoms with Gasteiger partial charge in [-0.1, -0.05) is 43.2 Å². The van der Waals surface area contributed by atoms with E-state index in [1.165, 1.54) is 23.8 Å². The van der Waals surface area contributed by atoms with Crippen LogP contribution in [0.4, 0.5) is 0 Å². The van der Waals surface area contributed by atoms with Gasteiger partial charge >= 0.3 is 0 Å². The number of aromatic nitrogens is 1. The molecule has 1 amide bonds. The van der Waals surface area contributed by atoms with Crippen molar-refractivity contribution in [1.29, 1.82) is 0 Å². The van der Waals surface area contributed by atoms with Crippen LogP contribution in [0.2, 0.25) is 0 Å². The van der Waals surface area contributed by atoms with Crippen LogP contribution in [0.5, 0.6) is 0 Å². The SMILES string of the molecule is O=C(Cc1ccc2[nH]cc(C3CCN(C(=O)C4CCCC4)CC3)c2c1)c1ccc(CO)cc1. The molecule has 5 rings (SSSR count). The summed E-state index contributed by atoms with van der Waals surface area (Å²) in [6.45, 7) is 1.67. The van der Waals surface area contributed by atoms with E-state index in [1.54, 1.807) is 24.3 Å². The lowest BCUT2D eigenvalue weighted by atomic mass is 9.88. The fourth-order valence-electron chi connectivity index (χ4n) is 5.56. The quantitative estimate of drug-likeness (QED) is 0.527. The first-order chi connectivity index (χ1) is 16.1. The average molecular weight is 445 g/mol. The van der Waals surface area contributed by atoms with E-state index in [0.717, 1.165) is 55.4 Å². The number of nitrogens with one attached hydrogen (secondary N) is 1. The van der Waals surface area contributed by atoms with Gasteiger partial charge in [-0.15, -0.1) is 0 Å². The summed E-state index contributed by atoms with van der Waals surface area (Å²) in [6, 6.07) is 13.4. The van der Waals surface area contributed by atoms with Crippen LogP contribution in [0.3, 0.4) is 0 Å². The van der Waals surface area contributed by atoms with Gasteiger partial charge in [0.1, 0.15) is 0 Å². The highest BCUT2D eigenvalue weighted by Gasteiger charge is 2.31. The summed E-state index contributed by atoms with van der Waals surface area (Å²) in [7, 11) is 0. The molecule has 1 aromatic heterocycles. The van der Waals surface area contributed by atoms with Gasteiger partial charge in [0, 0.05) is 48.1 Å². The van der Waals surface area contributed by atoms with Crippen LogP contribution in [0.25, 0.3) is 10.9 Å². The molecule has 2 aromatic carbocycles. The first-order valence-corrected chi connectivity index (χ1v) is 12.2. The lowest BCUT2D eigenvalue weighted by molar-refractivity contribution is -0.136. The van der Waals surface area contributed by atoms with E-state index in [1.807, 2.05) is 6.07 Å². The number of amides is 1. The smallest absolute Gasteiger partial charge is 0.225 e.